The number of rotatable bonds is 2. The van der Waals surface area contributed by atoms with Gasteiger partial charge in [0.1, 0.15) is 0 Å². The molecule has 0 aliphatic carbocycles. The molecule has 0 unspecified atom stereocenters. The first-order valence-electron chi connectivity index (χ1n) is 4.49. The van der Waals surface area contributed by atoms with Crippen LogP contribution >= 0.6 is 0 Å². The molecule has 5 N–H and O–H groups in total. The van der Waals surface area contributed by atoms with Crippen LogP contribution in [-0.2, 0) is 0 Å². The molecule has 0 atom stereocenters. The van der Waals surface area contributed by atoms with Gasteiger partial charge in [-0.1, -0.05) is 0 Å². The average molecular weight is 219 g/mol. The number of anilines is 1. The highest BCUT2D eigenvalue weighted by atomic mass is 16.4. The summed E-state index contributed by atoms with van der Waals surface area (Å²) in [6.45, 7) is 0. The SMILES string of the molecule is NC(=O)Nc1c[nH]c2ccc(C(=O)O)cc12. The second kappa shape index (κ2) is 3.58. The molecule has 2 aromatic rings. The third kappa shape index (κ3) is 1.68. The predicted molar refractivity (Wildman–Crippen MR) is 58.5 cm³/mol. The van der Waals surface area contributed by atoms with Crippen LogP contribution in [-0.4, -0.2) is 22.1 Å². The fraction of sp³-hybridized carbons (Fsp3) is 0. The molecule has 1 heterocycles. The van der Waals surface area contributed by atoms with Crippen molar-refractivity contribution in [1.82, 2.24) is 4.98 Å². The third-order valence-electron chi connectivity index (χ3n) is 2.19. The molecule has 0 saturated carbocycles. The highest BCUT2D eigenvalue weighted by molar-refractivity contribution is 6.03. The van der Waals surface area contributed by atoms with Gasteiger partial charge in [-0.2, -0.15) is 0 Å². The van der Waals surface area contributed by atoms with Crippen LogP contribution in [0.4, 0.5) is 10.5 Å². The van der Waals surface area contributed by atoms with Crippen LogP contribution in [0, 0.1) is 0 Å². The Morgan fingerprint density at radius 3 is 2.75 bits per heavy atom. The topological polar surface area (TPSA) is 108 Å². The number of hydrogen-bond donors (Lipinski definition) is 4. The molecule has 6 heteroatoms. The summed E-state index contributed by atoms with van der Waals surface area (Å²) in [6, 6.07) is 3.89. The van der Waals surface area contributed by atoms with Crippen molar-refractivity contribution in [2.24, 2.45) is 5.73 Å². The number of benzene rings is 1. The Morgan fingerprint density at radius 1 is 1.38 bits per heavy atom. The molecule has 0 spiro atoms. The van der Waals surface area contributed by atoms with Gasteiger partial charge in [-0.05, 0) is 18.2 Å². The van der Waals surface area contributed by atoms with Crippen LogP contribution in [0.3, 0.4) is 0 Å². The summed E-state index contributed by atoms with van der Waals surface area (Å²) in [5.41, 5.74) is 6.34. The van der Waals surface area contributed by atoms with Crippen LogP contribution in [0.2, 0.25) is 0 Å². The molecule has 6 nitrogen and oxygen atoms in total. The molecule has 0 radical (unpaired) electrons. The van der Waals surface area contributed by atoms with Crippen molar-refractivity contribution in [3.63, 3.8) is 0 Å². The van der Waals surface area contributed by atoms with Gasteiger partial charge in [0.05, 0.1) is 11.3 Å². The maximum Gasteiger partial charge on any atom is 0.335 e. The normalized spacial score (nSPS) is 10.2. The van der Waals surface area contributed by atoms with E-state index < -0.39 is 12.0 Å². The van der Waals surface area contributed by atoms with E-state index in [2.05, 4.69) is 10.3 Å². The number of primary amides is 1. The van der Waals surface area contributed by atoms with E-state index in [1.165, 1.54) is 12.1 Å². The number of nitrogens with one attached hydrogen (secondary N) is 2. The Hall–Kier alpha value is -2.50. The van der Waals surface area contributed by atoms with Crippen LogP contribution in [0.25, 0.3) is 10.9 Å². The minimum atomic E-state index is -1.02. The summed E-state index contributed by atoms with van der Waals surface area (Å²) in [5, 5.41) is 11.9. The minimum Gasteiger partial charge on any atom is -0.478 e. The summed E-state index contributed by atoms with van der Waals surface area (Å²) in [4.78, 5) is 24.4. The second-order valence-corrected chi connectivity index (χ2v) is 3.26. The van der Waals surface area contributed by atoms with E-state index in [1.807, 2.05) is 0 Å². The van der Waals surface area contributed by atoms with E-state index in [4.69, 9.17) is 10.8 Å². The van der Waals surface area contributed by atoms with E-state index >= 15 is 0 Å². The number of nitrogens with two attached hydrogens (primary N) is 1. The van der Waals surface area contributed by atoms with E-state index in [0.29, 0.717) is 11.1 Å². The Labute approximate surface area is 90.1 Å². The molecule has 82 valence electrons. The van der Waals surface area contributed by atoms with E-state index in [1.54, 1.807) is 12.3 Å². The molecule has 1 aromatic carbocycles. The maximum absolute atomic E-state index is 10.8. The van der Waals surface area contributed by atoms with Crippen LogP contribution in [0.1, 0.15) is 10.4 Å². The number of aromatic nitrogens is 1. The molecule has 2 rings (SSSR count). The van der Waals surface area contributed by atoms with Gasteiger partial charge in [0.25, 0.3) is 0 Å². The number of carbonyl (C=O) groups is 2. The zero-order chi connectivity index (χ0) is 11.7. The average Bonchev–Trinajstić information content (AvgIpc) is 2.60. The van der Waals surface area contributed by atoms with Crippen LogP contribution in [0.15, 0.2) is 24.4 Å². The zero-order valence-electron chi connectivity index (χ0n) is 8.15. The van der Waals surface area contributed by atoms with E-state index in [9.17, 15) is 9.59 Å². The lowest BCUT2D eigenvalue weighted by Gasteiger charge is -1.99. The molecule has 0 fully saturated rings. The number of carboxylic acid groups (broad SMARTS) is 1. The molecule has 1 aromatic heterocycles. The lowest BCUT2D eigenvalue weighted by molar-refractivity contribution is 0.0697. The van der Waals surface area contributed by atoms with Crippen molar-refractivity contribution in [1.29, 1.82) is 0 Å². The Kier molecular flexibility index (Phi) is 2.24. The quantitative estimate of drug-likeness (QED) is 0.612. The van der Waals surface area contributed by atoms with Gasteiger partial charge < -0.3 is 21.1 Å². The standard InChI is InChI=1S/C10H9N3O3/c11-10(16)13-8-4-12-7-2-1-5(9(14)15)3-6(7)8/h1-4,12H,(H,14,15)(H3,11,13,16). The maximum atomic E-state index is 10.8. The minimum absolute atomic E-state index is 0.152. The number of carbonyl (C=O) groups excluding carboxylic acids is 1. The molecule has 0 saturated heterocycles. The van der Waals surface area contributed by atoms with Gasteiger partial charge in [0, 0.05) is 17.1 Å². The van der Waals surface area contributed by atoms with Crippen molar-refractivity contribution >= 4 is 28.6 Å². The number of hydrogen-bond acceptors (Lipinski definition) is 2. The van der Waals surface area contributed by atoms with Gasteiger partial charge in [-0.25, -0.2) is 9.59 Å². The monoisotopic (exact) mass is 219 g/mol. The summed E-state index contributed by atoms with van der Waals surface area (Å²) < 4.78 is 0. The summed E-state index contributed by atoms with van der Waals surface area (Å²) in [6.07, 6.45) is 1.56. The molecule has 16 heavy (non-hydrogen) atoms. The van der Waals surface area contributed by atoms with E-state index in [-0.39, 0.29) is 5.56 Å². The first-order chi connectivity index (χ1) is 7.58. The van der Waals surface area contributed by atoms with E-state index in [0.717, 1.165) is 5.52 Å². The number of aromatic carboxylic acids is 1. The van der Waals surface area contributed by atoms with Gasteiger partial charge in [-0.3, -0.25) is 0 Å². The van der Waals surface area contributed by atoms with Crippen molar-refractivity contribution in [3.8, 4) is 0 Å². The largest absolute Gasteiger partial charge is 0.478 e. The van der Waals surface area contributed by atoms with Gasteiger partial charge in [0.15, 0.2) is 0 Å². The lowest BCUT2D eigenvalue weighted by atomic mass is 10.1. The Balaban J connectivity index is 2.55. The molecular formula is C10H9N3O3. The number of urea groups is 1. The second-order valence-electron chi connectivity index (χ2n) is 3.26. The zero-order valence-corrected chi connectivity index (χ0v) is 8.15. The summed E-state index contributed by atoms with van der Waals surface area (Å²) in [5.74, 6) is -1.02. The van der Waals surface area contributed by atoms with Crippen molar-refractivity contribution in [3.05, 3.63) is 30.0 Å². The van der Waals surface area contributed by atoms with Gasteiger partial charge in [0.2, 0.25) is 0 Å². The lowest BCUT2D eigenvalue weighted by Crippen LogP contribution is -2.18. The number of carboxylic acids is 1. The fourth-order valence-electron chi connectivity index (χ4n) is 1.49. The Bertz CT molecular complexity index is 574. The van der Waals surface area contributed by atoms with Crippen molar-refractivity contribution in [2.75, 3.05) is 5.32 Å². The van der Waals surface area contributed by atoms with Gasteiger partial charge in [-0.15, -0.1) is 0 Å². The molecular weight excluding hydrogens is 210 g/mol. The highest BCUT2D eigenvalue weighted by Gasteiger charge is 2.09. The van der Waals surface area contributed by atoms with Crippen molar-refractivity contribution < 1.29 is 14.7 Å². The smallest absolute Gasteiger partial charge is 0.335 e. The number of H-pyrrole nitrogens is 1. The number of amides is 2. The number of aromatic amines is 1. The summed E-state index contributed by atoms with van der Waals surface area (Å²) >= 11 is 0. The first-order valence-corrected chi connectivity index (χ1v) is 4.49. The first kappa shape index (κ1) is 10.0. The molecule has 0 aliphatic heterocycles. The summed E-state index contributed by atoms with van der Waals surface area (Å²) in [7, 11) is 0. The predicted octanol–water partition coefficient (Wildman–Crippen LogP) is 1.36. The highest BCUT2D eigenvalue weighted by Crippen LogP contribution is 2.24. The fourth-order valence-corrected chi connectivity index (χ4v) is 1.49. The van der Waals surface area contributed by atoms with Crippen LogP contribution in [0.5, 0.6) is 0 Å². The van der Waals surface area contributed by atoms with Crippen LogP contribution < -0.4 is 11.1 Å². The molecule has 0 bridgehead atoms. The van der Waals surface area contributed by atoms with Gasteiger partial charge >= 0.3 is 12.0 Å². The molecule has 2 amide bonds. The Morgan fingerprint density at radius 2 is 2.12 bits per heavy atom. The number of fused-ring (bicyclic) bond motifs is 1. The molecule has 0 aliphatic rings. The van der Waals surface area contributed by atoms with Crippen molar-refractivity contribution in [2.45, 2.75) is 0 Å². The third-order valence-corrected chi connectivity index (χ3v) is 2.19.